The van der Waals surface area contributed by atoms with Crippen LogP contribution in [0.15, 0.2) is 60.9 Å². The summed E-state index contributed by atoms with van der Waals surface area (Å²) in [6, 6.07) is 13.1. The summed E-state index contributed by atoms with van der Waals surface area (Å²) in [6.45, 7) is 4.00. The smallest absolute Gasteiger partial charge is 0.273 e. The lowest BCUT2D eigenvalue weighted by atomic mass is 9.93. The Balaban J connectivity index is 1.72. The van der Waals surface area contributed by atoms with Crippen LogP contribution in [0, 0.1) is 19.7 Å². The molecule has 0 radical (unpaired) electrons. The van der Waals surface area contributed by atoms with Crippen molar-refractivity contribution in [3.63, 3.8) is 0 Å². The number of aromatic amines is 1. The number of phenols is 1. The number of carbonyl (C=O) groups is 1. The van der Waals surface area contributed by atoms with Gasteiger partial charge in [-0.1, -0.05) is 30.3 Å². The zero-order chi connectivity index (χ0) is 22.4. The molecule has 0 bridgehead atoms. The maximum Gasteiger partial charge on any atom is 0.273 e. The van der Waals surface area contributed by atoms with Gasteiger partial charge in [-0.15, -0.1) is 0 Å². The van der Waals surface area contributed by atoms with E-state index >= 15 is 0 Å². The van der Waals surface area contributed by atoms with Gasteiger partial charge in [0.2, 0.25) is 0 Å². The molecule has 1 atom stereocenters. The lowest BCUT2D eigenvalue weighted by Gasteiger charge is -2.26. The van der Waals surface area contributed by atoms with Crippen LogP contribution in [0.3, 0.4) is 0 Å². The minimum atomic E-state index is -0.701. The van der Waals surface area contributed by atoms with Gasteiger partial charge in [0, 0.05) is 35.6 Å². The predicted molar refractivity (Wildman–Crippen MR) is 118 cm³/mol. The standard InChI is InChI=1S/C25H21FN4O2/c1-14-10-15(2)24(31)18(11-14)21-20-22(29-28-21)25(32)30(13-16-6-5-9-27-12-16)23(20)17-7-3-4-8-19(17)26/h3-12,23,31H,13H2,1-2H3,(H,28,29)/t23-/m1/s1. The second-order valence-electron chi connectivity index (χ2n) is 8.06. The molecule has 0 aliphatic carbocycles. The van der Waals surface area contributed by atoms with Crippen LogP contribution in [-0.2, 0) is 6.54 Å². The normalized spacial score (nSPS) is 15.3. The summed E-state index contributed by atoms with van der Waals surface area (Å²) in [4.78, 5) is 19.2. The third-order valence-electron chi connectivity index (χ3n) is 5.84. The maximum atomic E-state index is 15.0. The number of fused-ring (bicyclic) bond motifs is 1. The predicted octanol–water partition coefficient (Wildman–Crippen LogP) is 4.68. The molecule has 5 rings (SSSR count). The average molecular weight is 428 g/mol. The monoisotopic (exact) mass is 428 g/mol. The third kappa shape index (κ3) is 3.13. The van der Waals surface area contributed by atoms with Crippen LogP contribution in [0.2, 0.25) is 0 Å². The van der Waals surface area contributed by atoms with Gasteiger partial charge in [-0.2, -0.15) is 5.10 Å². The van der Waals surface area contributed by atoms with Gasteiger partial charge in [-0.25, -0.2) is 4.39 Å². The topological polar surface area (TPSA) is 82.1 Å². The van der Waals surface area contributed by atoms with E-state index in [-0.39, 0.29) is 18.2 Å². The molecular formula is C25H21FN4O2. The summed E-state index contributed by atoms with van der Waals surface area (Å²) in [6.07, 6.45) is 3.35. The number of nitrogens with zero attached hydrogens (tertiary/aromatic N) is 3. The Morgan fingerprint density at radius 1 is 1.16 bits per heavy atom. The summed E-state index contributed by atoms with van der Waals surface area (Å²) < 4.78 is 15.0. The quantitative estimate of drug-likeness (QED) is 0.495. The number of aryl methyl sites for hydroxylation is 2. The van der Waals surface area contributed by atoms with Gasteiger partial charge in [-0.05, 0) is 48.7 Å². The number of pyridine rings is 1. The van der Waals surface area contributed by atoms with E-state index < -0.39 is 11.9 Å². The fourth-order valence-electron chi connectivity index (χ4n) is 4.41. The Bertz CT molecular complexity index is 1330. The number of hydrogen-bond donors (Lipinski definition) is 2. The van der Waals surface area contributed by atoms with Crippen LogP contribution < -0.4 is 0 Å². The van der Waals surface area contributed by atoms with Crippen molar-refractivity contribution in [1.82, 2.24) is 20.1 Å². The van der Waals surface area contributed by atoms with Crippen molar-refractivity contribution in [1.29, 1.82) is 0 Å². The van der Waals surface area contributed by atoms with E-state index in [1.807, 2.05) is 32.0 Å². The Kier molecular flexibility index (Phi) is 4.74. The second kappa shape index (κ2) is 7.60. The molecule has 0 fully saturated rings. The van der Waals surface area contributed by atoms with E-state index in [1.54, 1.807) is 41.6 Å². The molecule has 1 amide bonds. The molecule has 1 aliphatic rings. The Hall–Kier alpha value is -4.00. The maximum absolute atomic E-state index is 15.0. The number of phenolic OH excluding ortho intramolecular Hbond substituents is 1. The molecular weight excluding hydrogens is 407 g/mol. The molecule has 2 aromatic heterocycles. The van der Waals surface area contributed by atoms with E-state index in [1.165, 1.54) is 6.07 Å². The molecule has 0 saturated carbocycles. The summed E-state index contributed by atoms with van der Waals surface area (Å²) >= 11 is 0. The first-order chi connectivity index (χ1) is 15.5. The number of aromatic hydroxyl groups is 1. The molecule has 32 heavy (non-hydrogen) atoms. The van der Waals surface area contributed by atoms with Crippen LogP contribution in [-0.4, -0.2) is 31.1 Å². The number of halogens is 1. The van der Waals surface area contributed by atoms with Gasteiger partial charge in [0.15, 0.2) is 0 Å². The second-order valence-corrected chi connectivity index (χ2v) is 8.06. The summed E-state index contributed by atoms with van der Waals surface area (Å²) in [5.74, 6) is -0.596. The van der Waals surface area contributed by atoms with Crippen molar-refractivity contribution in [3.8, 4) is 17.0 Å². The van der Waals surface area contributed by atoms with Gasteiger partial charge in [0.1, 0.15) is 23.0 Å². The molecule has 3 heterocycles. The van der Waals surface area contributed by atoms with Crippen LogP contribution >= 0.6 is 0 Å². The SMILES string of the molecule is Cc1cc(C)c(O)c(-c2n[nH]c3c2[C@@H](c2ccccc2F)N(Cc2cccnc2)C3=O)c1. The average Bonchev–Trinajstić information content (AvgIpc) is 3.32. The Labute approximate surface area is 184 Å². The molecule has 0 saturated heterocycles. The van der Waals surface area contributed by atoms with Crippen molar-refractivity contribution < 1.29 is 14.3 Å². The van der Waals surface area contributed by atoms with E-state index in [2.05, 4.69) is 15.2 Å². The van der Waals surface area contributed by atoms with Crippen molar-refractivity contribution in [2.75, 3.05) is 0 Å². The summed E-state index contributed by atoms with van der Waals surface area (Å²) in [5.41, 5.74) is 4.67. The van der Waals surface area contributed by atoms with Gasteiger partial charge in [0.05, 0.1) is 6.04 Å². The first kappa shape index (κ1) is 19.9. The van der Waals surface area contributed by atoms with E-state index in [0.29, 0.717) is 33.6 Å². The minimum absolute atomic E-state index is 0.0929. The van der Waals surface area contributed by atoms with Crippen LogP contribution in [0.1, 0.15) is 44.3 Å². The fraction of sp³-hybridized carbons (Fsp3) is 0.160. The lowest BCUT2D eigenvalue weighted by Crippen LogP contribution is -2.29. The number of aromatic nitrogens is 3. The third-order valence-corrected chi connectivity index (χ3v) is 5.84. The molecule has 2 N–H and O–H groups in total. The highest BCUT2D eigenvalue weighted by Gasteiger charge is 2.43. The Morgan fingerprint density at radius 3 is 2.72 bits per heavy atom. The number of benzene rings is 2. The Morgan fingerprint density at radius 2 is 1.97 bits per heavy atom. The van der Waals surface area contributed by atoms with Gasteiger partial charge < -0.3 is 10.0 Å². The van der Waals surface area contributed by atoms with Gasteiger partial charge in [0.25, 0.3) is 5.91 Å². The number of hydrogen-bond acceptors (Lipinski definition) is 4. The molecule has 2 aromatic carbocycles. The molecule has 7 heteroatoms. The van der Waals surface area contributed by atoms with Crippen molar-refractivity contribution in [2.24, 2.45) is 0 Å². The van der Waals surface area contributed by atoms with Crippen molar-refractivity contribution in [2.45, 2.75) is 26.4 Å². The molecule has 160 valence electrons. The number of H-pyrrole nitrogens is 1. The van der Waals surface area contributed by atoms with E-state index in [4.69, 9.17) is 0 Å². The zero-order valence-corrected chi connectivity index (χ0v) is 17.6. The van der Waals surface area contributed by atoms with Crippen molar-refractivity contribution in [3.05, 3.63) is 100 Å². The first-order valence-electron chi connectivity index (χ1n) is 10.3. The summed E-state index contributed by atoms with van der Waals surface area (Å²) in [5, 5.41) is 18.0. The minimum Gasteiger partial charge on any atom is -0.507 e. The van der Waals surface area contributed by atoms with E-state index in [0.717, 1.165) is 11.1 Å². The highest BCUT2D eigenvalue weighted by atomic mass is 19.1. The molecule has 4 aromatic rings. The van der Waals surface area contributed by atoms with Crippen LogP contribution in [0.25, 0.3) is 11.3 Å². The molecule has 0 unspecified atom stereocenters. The van der Waals surface area contributed by atoms with E-state index in [9.17, 15) is 14.3 Å². The van der Waals surface area contributed by atoms with Crippen LogP contribution in [0.5, 0.6) is 5.75 Å². The number of rotatable bonds is 4. The van der Waals surface area contributed by atoms with Gasteiger partial charge in [-0.3, -0.25) is 14.9 Å². The van der Waals surface area contributed by atoms with Crippen LogP contribution in [0.4, 0.5) is 4.39 Å². The fourth-order valence-corrected chi connectivity index (χ4v) is 4.41. The largest absolute Gasteiger partial charge is 0.507 e. The first-order valence-corrected chi connectivity index (χ1v) is 10.3. The number of carbonyl (C=O) groups excluding carboxylic acids is 1. The highest BCUT2D eigenvalue weighted by molar-refractivity contribution is 6.00. The van der Waals surface area contributed by atoms with Gasteiger partial charge >= 0.3 is 0 Å². The molecule has 6 nitrogen and oxygen atoms in total. The summed E-state index contributed by atoms with van der Waals surface area (Å²) in [7, 11) is 0. The molecule has 1 aliphatic heterocycles. The number of nitrogens with one attached hydrogen (secondary N) is 1. The highest BCUT2D eigenvalue weighted by Crippen LogP contribution is 2.46. The van der Waals surface area contributed by atoms with Crippen molar-refractivity contribution >= 4 is 5.91 Å². The number of amides is 1. The molecule has 0 spiro atoms. The zero-order valence-electron chi connectivity index (χ0n) is 17.6. The lowest BCUT2D eigenvalue weighted by molar-refractivity contribution is 0.0728.